The summed E-state index contributed by atoms with van der Waals surface area (Å²) in [5.74, 6) is -1.35. The van der Waals surface area contributed by atoms with E-state index in [2.05, 4.69) is 10.3 Å². The second kappa shape index (κ2) is 12.7. The Morgan fingerprint density at radius 1 is 0.902 bits per heavy atom. The van der Waals surface area contributed by atoms with Crippen molar-refractivity contribution in [3.05, 3.63) is 105 Å². The van der Waals surface area contributed by atoms with Gasteiger partial charge in [-0.2, -0.15) is 13.2 Å². The first-order valence-corrected chi connectivity index (χ1v) is 13.4. The van der Waals surface area contributed by atoms with Crippen molar-refractivity contribution in [2.24, 2.45) is 0 Å². The number of hydrogen-bond acceptors (Lipinski definition) is 4. The van der Waals surface area contributed by atoms with E-state index in [0.29, 0.717) is 16.1 Å². The van der Waals surface area contributed by atoms with Crippen LogP contribution in [0.3, 0.4) is 0 Å². The number of aliphatic carboxylic acids is 1. The van der Waals surface area contributed by atoms with E-state index >= 15 is 0 Å². The van der Waals surface area contributed by atoms with E-state index in [1.807, 2.05) is 49.4 Å². The molecule has 1 aromatic heterocycles. The van der Waals surface area contributed by atoms with Gasteiger partial charge in [-0.3, -0.25) is 14.6 Å². The maximum absolute atomic E-state index is 13.7. The topological polar surface area (TPSA) is 79.3 Å². The highest BCUT2D eigenvalue weighted by molar-refractivity contribution is 6.31. The summed E-state index contributed by atoms with van der Waals surface area (Å²) in [4.78, 5) is 27.2. The molecule has 0 aliphatic carbocycles. The summed E-state index contributed by atoms with van der Waals surface area (Å²) in [6.07, 6.45) is -3.31. The Labute approximate surface area is 245 Å². The number of aryl methyl sites for hydroxylation is 1. The third-order valence-corrected chi connectivity index (χ3v) is 7.07. The summed E-state index contributed by atoms with van der Waals surface area (Å²) in [5, 5.41) is 12.2. The molecule has 4 rings (SSSR count). The number of anilines is 1. The molecule has 0 aliphatic rings. The van der Waals surface area contributed by atoms with Crippen molar-refractivity contribution in [2.75, 3.05) is 5.32 Å². The summed E-state index contributed by atoms with van der Waals surface area (Å²) < 4.78 is 41.1. The minimum atomic E-state index is -4.67. The number of nitrogens with zero attached hydrogens (tertiary/aromatic N) is 1. The van der Waals surface area contributed by atoms with Crippen molar-refractivity contribution in [2.45, 2.75) is 38.9 Å². The van der Waals surface area contributed by atoms with Crippen LogP contribution in [0.1, 0.15) is 46.4 Å². The highest BCUT2D eigenvalue weighted by Crippen LogP contribution is 2.39. The Kier molecular flexibility index (Phi) is 9.35. The number of rotatable bonds is 10. The molecule has 0 radical (unpaired) electrons. The summed E-state index contributed by atoms with van der Waals surface area (Å²) in [6.45, 7) is 2.14. The van der Waals surface area contributed by atoms with Crippen molar-refractivity contribution in [1.29, 1.82) is 0 Å². The summed E-state index contributed by atoms with van der Waals surface area (Å²) in [7, 11) is 0. The van der Waals surface area contributed by atoms with Gasteiger partial charge in [0, 0.05) is 41.9 Å². The number of carboxylic acid groups (broad SMARTS) is 1. The highest BCUT2D eigenvalue weighted by Gasteiger charge is 2.34. The SMILES string of the molecule is Cc1cc(Cl)ccc1-c1ccc(NCc2cc(Cl)c(C(F)(F)F)cc2-c2ccc(C(=O)CCCC(=O)O)nc2)cc1. The Hall–Kier alpha value is -3.88. The largest absolute Gasteiger partial charge is 0.481 e. The van der Waals surface area contributed by atoms with Crippen LogP contribution in [0.4, 0.5) is 18.9 Å². The zero-order valence-corrected chi connectivity index (χ0v) is 23.4. The smallest absolute Gasteiger partial charge is 0.417 e. The van der Waals surface area contributed by atoms with Crippen LogP contribution in [0, 0.1) is 6.92 Å². The molecule has 212 valence electrons. The molecular formula is C31H25Cl2F3N2O3. The molecule has 0 aliphatic heterocycles. The number of ketones is 1. The maximum atomic E-state index is 13.7. The van der Waals surface area contributed by atoms with E-state index < -0.39 is 22.7 Å². The maximum Gasteiger partial charge on any atom is 0.417 e. The number of halogens is 5. The second-order valence-electron chi connectivity index (χ2n) is 9.48. The lowest BCUT2D eigenvalue weighted by Crippen LogP contribution is -2.09. The van der Waals surface area contributed by atoms with E-state index in [-0.39, 0.29) is 42.8 Å². The quantitative estimate of drug-likeness (QED) is 0.177. The van der Waals surface area contributed by atoms with Crippen molar-refractivity contribution < 1.29 is 27.9 Å². The molecule has 0 bridgehead atoms. The Morgan fingerprint density at radius 3 is 2.22 bits per heavy atom. The molecule has 0 spiro atoms. The standard InChI is InChI=1S/C31H25Cl2F3N2O3/c1-18-13-22(32)8-11-24(18)19-5-9-23(10-6-19)37-17-21-14-27(33)26(31(34,35)36)15-25(21)20-7-12-28(38-16-20)29(39)3-2-4-30(40)41/h5-16,37H,2-4,17H2,1H3,(H,40,41). The zero-order valence-electron chi connectivity index (χ0n) is 21.9. The van der Waals surface area contributed by atoms with Crippen LogP contribution in [0.15, 0.2) is 72.9 Å². The number of hydrogen-bond donors (Lipinski definition) is 2. The van der Waals surface area contributed by atoms with Gasteiger partial charge in [0.1, 0.15) is 5.69 Å². The monoisotopic (exact) mass is 600 g/mol. The molecule has 41 heavy (non-hydrogen) atoms. The first-order valence-electron chi connectivity index (χ1n) is 12.6. The number of carboxylic acids is 1. The van der Waals surface area contributed by atoms with E-state index in [0.717, 1.165) is 28.4 Å². The van der Waals surface area contributed by atoms with Gasteiger partial charge >= 0.3 is 12.1 Å². The Morgan fingerprint density at radius 2 is 1.61 bits per heavy atom. The minimum Gasteiger partial charge on any atom is -0.481 e. The summed E-state index contributed by atoms with van der Waals surface area (Å²) in [6, 6.07) is 18.5. The third-order valence-electron chi connectivity index (χ3n) is 6.52. The second-order valence-corrected chi connectivity index (χ2v) is 10.3. The average molecular weight is 601 g/mol. The fraction of sp³-hybridized carbons (Fsp3) is 0.194. The van der Waals surface area contributed by atoms with Crippen molar-refractivity contribution in [3.8, 4) is 22.3 Å². The molecule has 0 saturated heterocycles. The van der Waals surface area contributed by atoms with Gasteiger partial charge in [0.05, 0.1) is 10.6 Å². The highest BCUT2D eigenvalue weighted by atomic mass is 35.5. The number of pyridine rings is 1. The number of benzene rings is 3. The first kappa shape index (κ1) is 30.1. The fourth-order valence-corrected chi connectivity index (χ4v) is 4.93. The lowest BCUT2D eigenvalue weighted by Gasteiger charge is -2.17. The van der Waals surface area contributed by atoms with Gasteiger partial charge in [-0.15, -0.1) is 0 Å². The van der Waals surface area contributed by atoms with Gasteiger partial charge < -0.3 is 10.4 Å². The fourth-order valence-electron chi connectivity index (χ4n) is 4.41. The minimum absolute atomic E-state index is 0.00333. The van der Waals surface area contributed by atoms with Crippen LogP contribution in [0.5, 0.6) is 0 Å². The normalized spacial score (nSPS) is 11.4. The van der Waals surface area contributed by atoms with Crippen LogP contribution in [0.25, 0.3) is 22.3 Å². The Bertz CT molecular complexity index is 1570. The number of Topliss-reactive ketones (excluding diaryl/α,β-unsaturated/α-hetero) is 1. The predicted molar refractivity (Wildman–Crippen MR) is 154 cm³/mol. The van der Waals surface area contributed by atoms with E-state index in [4.69, 9.17) is 28.3 Å². The van der Waals surface area contributed by atoms with Crippen LogP contribution in [0.2, 0.25) is 10.0 Å². The molecule has 0 fully saturated rings. The molecule has 0 atom stereocenters. The molecule has 0 amide bonds. The van der Waals surface area contributed by atoms with Crippen LogP contribution >= 0.6 is 23.2 Å². The molecule has 10 heteroatoms. The molecule has 0 saturated carbocycles. The van der Waals surface area contributed by atoms with Crippen LogP contribution < -0.4 is 5.32 Å². The van der Waals surface area contributed by atoms with Gasteiger partial charge in [-0.1, -0.05) is 47.5 Å². The van der Waals surface area contributed by atoms with E-state index in [1.54, 1.807) is 0 Å². The molecule has 4 aromatic rings. The predicted octanol–water partition coefficient (Wildman–Crippen LogP) is 9.10. The first-order chi connectivity index (χ1) is 19.4. The lowest BCUT2D eigenvalue weighted by molar-refractivity contribution is -0.138. The lowest BCUT2D eigenvalue weighted by atomic mass is 9.97. The number of carbonyl (C=O) groups excluding carboxylic acids is 1. The van der Waals surface area contributed by atoms with Crippen LogP contribution in [-0.2, 0) is 17.5 Å². The van der Waals surface area contributed by atoms with Crippen LogP contribution in [-0.4, -0.2) is 21.8 Å². The molecule has 0 unspecified atom stereocenters. The third kappa shape index (κ3) is 7.65. The summed E-state index contributed by atoms with van der Waals surface area (Å²) in [5.41, 5.74) is 4.09. The number of nitrogens with one attached hydrogen (secondary N) is 1. The van der Waals surface area contributed by atoms with Crippen molar-refractivity contribution in [3.63, 3.8) is 0 Å². The van der Waals surface area contributed by atoms with Gasteiger partial charge in [-0.25, -0.2) is 0 Å². The average Bonchev–Trinajstić information content (AvgIpc) is 2.91. The van der Waals surface area contributed by atoms with Gasteiger partial charge in [0.15, 0.2) is 5.78 Å². The molecule has 5 nitrogen and oxygen atoms in total. The number of carbonyl (C=O) groups is 2. The Balaban J connectivity index is 1.58. The van der Waals surface area contributed by atoms with Gasteiger partial charge in [0.2, 0.25) is 0 Å². The van der Waals surface area contributed by atoms with E-state index in [9.17, 15) is 22.8 Å². The van der Waals surface area contributed by atoms with E-state index in [1.165, 1.54) is 24.4 Å². The molecule has 1 heterocycles. The van der Waals surface area contributed by atoms with Crippen molar-refractivity contribution in [1.82, 2.24) is 4.98 Å². The summed E-state index contributed by atoms with van der Waals surface area (Å²) >= 11 is 12.1. The van der Waals surface area contributed by atoms with Crippen molar-refractivity contribution >= 4 is 40.6 Å². The molecule has 2 N–H and O–H groups in total. The number of alkyl halides is 3. The molecule has 3 aromatic carbocycles. The van der Waals surface area contributed by atoms with Gasteiger partial charge in [0.25, 0.3) is 0 Å². The molecular weight excluding hydrogens is 576 g/mol. The van der Waals surface area contributed by atoms with Gasteiger partial charge in [-0.05, 0) is 83.6 Å². The number of aromatic nitrogens is 1. The zero-order chi connectivity index (χ0) is 29.7.